The first-order valence-electron chi connectivity index (χ1n) is 7.55. The van der Waals surface area contributed by atoms with Crippen molar-refractivity contribution in [2.24, 2.45) is 0 Å². The molecule has 2 aromatic rings. The average Bonchev–Trinajstić information content (AvgIpc) is 2.66. The van der Waals surface area contributed by atoms with E-state index in [-0.39, 0.29) is 16.3 Å². The van der Waals surface area contributed by atoms with E-state index < -0.39 is 9.85 Å². The van der Waals surface area contributed by atoms with Crippen molar-refractivity contribution in [3.05, 3.63) is 74.3 Å². The number of rotatable bonds is 4. The fraction of sp³-hybridized carbons (Fsp3) is 0.294. The molecule has 0 amide bonds. The molecule has 0 saturated carbocycles. The first-order chi connectivity index (χ1) is 12.5. The van der Waals surface area contributed by atoms with Gasteiger partial charge in [-0.1, -0.05) is 49.7 Å². The van der Waals surface area contributed by atoms with E-state index in [4.69, 9.17) is 5.11 Å². The van der Waals surface area contributed by atoms with E-state index in [1.165, 1.54) is 24.8 Å². The van der Waals surface area contributed by atoms with Crippen molar-refractivity contribution < 1.29 is 19.1 Å². The Hall–Kier alpha value is -2.49. The predicted molar refractivity (Wildman–Crippen MR) is 103 cm³/mol. The standard InChI is InChI=1S/C7H6N2O5S.C7H8.C2H6.CH4O/c1-14-15-7-3-2-5(8(10)11)4-6(7)9(12)13;1-7-5-3-2-4-6-7;2*1-2/h2-4H,1H3;2-6H,1H3;1-2H3;2H,1H3. The minimum Gasteiger partial charge on any atom is -0.400 e. The van der Waals surface area contributed by atoms with Crippen LogP contribution in [0.15, 0.2) is 53.4 Å². The molecule has 0 aromatic heterocycles. The third kappa shape index (κ3) is 10.4. The average molecular weight is 384 g/mol. The summed E-state index contributed by atoms with van der Waals surface area (Å²) in [5.74, 6) is 0. The Balaban J connectivity index is 0. The summed E-state index contributed by atoms with van der Waals surface area (Å²) in [4.78, 5) is 19.8. The Morgan fingerprint density at radius 2 is 1.50 bits per heavy atom. The van der Waals surface area contributed by atoms with Gasteiger partial charge in [0.2, 0.25) is 0 Å². The van der Waals surface area contributed by atoms with Crippen LogP contribution in [0.1, 0.15) is 19.4 Å². The van der Waals surface area contributed by atoms with Crippen LogP contribution in [0.3, 0.4) is 0 Å². The van der Waals surface area contributed by atoms with Gasteiger partial charge in [0.25, 0.3) is 11.4 Å². The molecule has 144 valence electrons. The number of aryl methyl sites for hydroxylation is 1. The Kier molecular flexibility index (Phi) is 15.8. The van der Waals surface area contributed by atoms with Crippen molar-refractivity contribution in [3.8, 4) is 0 Å². The highest BCUT2D eigenvalue weighted by Crippen LogP contribution is 2.32. The number of nitrogens with zero attached hydrogens (tertiary/aromatic N) is 2. The second kappa shape index (κ2) is 16.0. The van der Waals surface area contributed by atoms with Crippen LogP contribution < -0.4 is 0 Å². The Labute approximate surface area is 157 Å². The third-order valence-corrected chi connectivity index (χ3v) is 3.16. The van der Waals surface area contributed by atoms with E-state index in [1.807, 2.05) is 32.0 Å². The number of hydrogen-bond acceptors (Lipinski definition) is 7. The van der Waals surface area contributed by atoms with E-state index in [1.54, 1.807) is 0 Å². The summed E-state index contributed by atoms with van der Waals surface area (Å²) in [5, 5.41) is 28.0. The van der Waals surface area contributed by atoms with Crippen LogP contribution in [0, 0.1) is 27.2 Å². The molecular formula is C17H24N2O6S. The van der Waals surface area contributed by atoms with E-state index in [0.29, 0.717) is 0 Å². The fourth-order valence-electron chi connectivity index (χ4n) is 1.46. The third-order valence-electron chi connectivity index (χ3n) is 2.46. The second-order valence-corrected chi connectivity index (χ2v) is 5.01. The lowest BCUT2D eigenvalue weighted by molar-refractivity contribution is -0.396. The molecule has 0 aliphatic carbocycles. The van der Waals surface area contributed by atoms with Crippen molar-refractivity contribution in [2.45, 2.75) is 25.7 Å². The van der Waals surface area contributed by atoms with Crippen molar-refractivity contribution >= 4 is 23.4 Å². The molecule has 0 aliphatic heterocycles. The molecule has 8 nitrogen and oxygen atoms in total. The smallest absolute Gasteiger partial charge is 0.292 e. The van der Waals surface area contributed by atoms with E-state index >= 15 is 0 Å². The molecule has 0 radical (unpaired) electrons. The quantitative estimate of drug-likeness (QED) is 0.458. The molecule has 0 unspecified atom stereocenters. The number of benzene rings is 2. The first-order valence-corrected chi connectivity index (χ1v) is 8.29. The van der Waals surface area contributed by atoms with Gasteiger partial charge in [-0.2, -0.15) is 0 Å². The van der Waals surface area contributed by atoms with Gasteiger partial charge in [-0.15, -0.1) is 0 Å². The minimum absolute atomic E-state index is 0.230. The van der Waals surface area contributed by atoms with Crippen molar-refractivity contribution in [1.82, 2.24) is 0 Å². The van der Waals surface area contributed by atoms with Gasteiger partial charge < -0.3 is 9.29 Å². The molecule has 26 heavy (non-hydrogen) atoms. The molecule has 0 fully saturated rings. The molecule has 1 N–H and O–H groups in total. The topological polar surface area (TPSA) is 116 Å². The second-order valence-electron chi connectivity index (χ2n) is 4.07. The number of non-ortho nitro benzene ring substituents is 1. The van der Waals surface area contributed by atoms with Crippen LogP contribution in [-0.4, -0.2) is 29.2 Å². The number of nitro benzene ring substituents is 2. The zero-order valence-electron chi connectivity index (χ0n) is 15.4. The van der Waals surface area contributed by atoms with Crippen molar-refractivity contribution in [3.63, 3.8) is 0 Å². The predicted octanol–water partition coefficient (Wildman–Crippen LogP) is 4.79. The highest BCUT2D eigenvalue weighted by atomic mass is 32.2. The Morgan fingerprint density at radius 1 is 0.962 bits per heavy atom. The minimum atomic E-state index is -0.686. The molecule has 2 rings (SSSR count). The van der Waals surface area contributed by atoms with Gasteiger partial charge in [0.1, 0.15) is 4.90 Å². The number of hydrogen-bond donors (Lipinski definition) is 1. The van der Waals surface area contributed by atoms with Gasteiger partial charge in [-0.05, 0) is 13.0 Å². The molecule has 9 heteroatoms. The fourth-order valence-corrected chi connectivity index (χ4v) is 1.98. The van der Waals surface area contributed by atoms with E-state index in [2.05, 4.69) is 23.2 Å². The molecule has 0 spiro atoms. The van der Waals surface area contributed by atoms with Gasteiger partial charge >= 0.3 is 0 Å². The van der Waals surface area contributed by atoms with E-state index in [0.717, 1.165) is 25.2 Å². The summed E-state index contributed by atoms with van der Waals surface area (Å²) in [5.41, 5.74) is 0.667. The van der Waals surface area contributed by atoms with Gasteiger partial charge in [0.15, 0.2) is 0 Å². The SMILES string of the molecule is CC.CO.COSc1ccc([N+](=O)[O-])cc1[N+](=O)[O-].Cc1ccccc1. The monoisotopic (exact) mass is 384 g/mol. The van der Waals surface area contributed by atoms with Crippen LogP contribution in [0.5, 0.6) is 0 Å². The zero-order valence-corrected chi connectivity index (χ0v) is 16.2. The van der Waals surface area contributed by atoms with Crippen LogP contribution in [0.4, 0.5) is 11.4 Å². The molecule has 0 heterocycles. The maximum Gasteiger partial charge on any atom is 0.292 e. The summed E-state index contributed by atoms with van der Waals surface area (Å²) in [6.07, 6.45) is 0. The summed E-state index contributed by atoms with van der Waals surface area (Å²) < 4.78 is 4.66. The van der Waals surface area contributed by atoms with Crippen LogP contribution in [0.25, 0.3) is 0 Å². The largest absolute Gasteiger partial charge is 0.400 e. The normalized spacial score (nSPS) is 8.54. The summed E-state index contributed by atoms with van der Waals surface area (Å²) >= 11 is 0.786. The van der Waals surface area contributed by atoms with Gasteiger partial charge in [0, 0.05) is 25.2 Å². The highest BCUT2D eigenvalue weighted by molar-refractivity contribution is 7.94. The van der Waals surface area contributed by atoms with Crippen molar-refractivity contribution in [1.29, 1.82) is 0 Å². The Bertz CT molecular complexity index is 653. The Morgan fingerprint density at radius 3 is 1.85 bits per heavy atom. The van der Waals surface area contributed by atoms with Gasteiger partial charge in [0.05, 0.1) is 23.0 Å². The summed E-state index contributed by atoms with van der Waals surface area (Å²) in [7, 11) is 2.36. The maximum absolute atomic E-state index is 10.6. The lowest BCUT2D eigenvalue weighted by Gasteiger charge is -1.99. The van der Waals surface area contributed by atoms with Crippen LogP contribution in [-0.2, 0) is 4.18 Å². The first kappa shape index (κ1) is 25.7. The number of aliphatic hydroxyl groups is 1. The molecule has 0 bridgehead atoms. The lowest BCUT2D eigenvalue weighted by atomic mass is 10.2. The molecule has 0 aliphatic rings. The van der Waals surface area contributed by atoms with Crippen molar-refractivity contribution in [2.75, 3.05) is 14.2 Å². The molecule has 0 atom stereocenters. The zero-order chi connectivity index (χ0) is 20.5. The van der Waals surface area contributed by atoms with Gasteiger partial charge in [-0.25, -0.2) is 0 Å². The van der Waals surface area contributed by atoms with Gasteiger partial charge in [-0.3, -0.25) is 20.2 Å². The summed E-state index contributed by atoms with van der Waals surface area (Å²) in [6, 6.07) is 13.6. The maximum atomic E-state index is 10.6. The lowest BCUT2D eigenvalue weighted by Crippen LogP contribution is -1.94. The summed E-state index contributed by atoms with van der Waals surface area (Å²) in [6.45, 7) is 6.08. The highest BCUT2D eigenvalue weighted by Gasteiger charge is 2.19. The van der Waals surface area contributed by atoms with Crippen LogP contribution >= 0.6 is 12.0 Å². The number of aliphatic hydroxyl groups excluding tert-OH is 1. The molecular weight excluding hydrogens is 360 g/mol. The molecule has 2 aromatic carbocycles. The van der Waals surface area contributed by atoms with E-state index in [9.17, 15) is 20.2 Å². The van der Waals surface area contributed by atoms with Crippen LogP contribution in [0.2, 0.25) is 0 Å². The molecule has 0 saturated heterocycles. The number of nitro groups is 2.